The number of amides is 1. The van der Waals surface area contributed by atoms with Gasteiger partial charge in [-0.15, -0.1) is 12.4 Å². The minimum absolute atomic E-state index is 0. The molecule has 0 unspecified atom stereocenters. The number of methoxy groups -OCH3 is 3. The fourth-order valence-electron chi connectivity index (χ4n) is 5.68. The average molecular weight is 665 g/mol. The molecule has 0 aliphatic rings. The summed E-state index contributed by atoms with van der Waals surface area (Å²) in [7, 11) is 4.98. The number of benzene rings is 2. The highest BCUT2D eigenvalue weighted by atomic mass is 35.5. The third kappa shape index (κ3) is 14.1. The average Bonchev–Trinajstić information content (AvgIpc) is 3.00. The van der Waals surface area contributed by atoms with Gasteiger partial charge in [0.25, 0.3) is 0 Å². The predicted molar refractivity (Wildman–Crippen MR) is 189 cm³/mol. The van der Waals surface area contributed by atoms with Crippen molar-refractivity contribution < 1.29 is 28.8 Å². The van der Waals surface area contributed by atoms with Crippen LogP contribution in [0.15, 0.2) is 42.5 Å². The van der Waals surface area contributed by atoms with E-state index in [1.165, 1.54) is 5.56 Å². The van der Waals surface area contributed by atoms with Gasteiger partial charge in [0.15, 0.2) is 11.5 Å². The van der Waals surface area contributed by atoms with Gasteiger partial charge in [0, 0.05) is 38.6 Å². The molecule has 4 atom stereocenters. The Hall–Kier alpha value is -2.52. The van der Waals surface area contributed by atoms with Gasteiger partial charge in [0.1, 0.15) is 5.75 Å². The number of nitrogens with two attached hydrogens (primary N) is 1. The summed E-state index contributed by atoms with van der Waals surface area (Å²) in [6, 6.07) is 13.6. The van der Waals surface area contributed by atoms with E-state index in [-0.39, 0.29) is 41.5 Å². The third-order valence-electron chi connectivity index (χ3n) is 8.71. The zero-order valence-corrected chi connectivity index (χ0v) is 30.5. The van der Waals surface area contributed by atoms with Crippen molar-refractivity contribution >= 4 is 18.3 Å². The lowest BCUT2D eigenvalue weighted by Gasteiger charge is -2.31. The van der Waals surface area contributed by atoms with Crippen LogP contribution in [-0.4, -0.2) is 64.2 Å². The lowest BCUT2D eigenvalue weighted by molar-refractivity contribution is -0.128. The number of aliphatic hydroxyl groups excluding tert-OH is 1. The lowest BCUT2D eigenvalue weighted by atomic mass is 9.80. The number of hydrogen-bond donors (Lipinski definition) is 3. The molecule has 0 saturated carbocycles. The molecule has 4 N–H and O–H groups in total. The van der Waals surface area contributed by atoms with Crippen LogP contribution in [0.2, 0.25) is 0 Å². The highest BCUT2D eigenvalue weighted by Gasteiger charge is 2.31. The smallest absolute Gasteiger partial charge is 0.223 e. The number of carbonyl (C=O) groups is 1. The van der Waals surface area contributed by atoms with Crippen LogP contribution in [0.25, 0.3) is 0 Å². The van der Waals surface area contributed by atoms with Gasteiger partial charge in [-0.1, -0.05) is 59.7 Å². The molecule has 9 heteroatoms. The van der Waals surface area contributed by atoms with E-state index in [1.807, 2.05) is 38.1 Å². The Morgan fingerprint density at radius 3 is 2.11 bits per heavy atom. The molecular formula is C37H61ClN2O6. The summed E-state index contributed by atoms with van der Waals surface area (Å²) in [5.74, 6) is 2.55. The number of halogens is 1. The van der Waals surface area contributed by atoms with Gasteiger partial charge in [-0.3, -0.25) is 4.79 Å². The second kappa shape index (κ2) is 20.7. The molecule has 0 heterocycles. The first-order chi connectivity index (χ1) is 21.3. The highest BCUT2D eigenvalue weighted by Crippen LogP contribution is 2.32. The number of nitrogens with one attached hydrogen (secondary N) is 1. The molecular weight excluding hydrogens is 604 g/mol. The number of carbonyl (C=O) groups excluding carboxylic acids is 1. The zero-order chi connectivity index (χ0) is 33.6. The molecule has 0 aliphatic heterocycles. The molecule has 0 bridgehead atoms. The largest absolute Gasteiger partial charge is 0.497 e. The minimum Gasteiger partial charge on any atom is -0.497 e. The second-order valence-corrected chi connectivity index (χ2v) is 13.8. The van der Waals surface area contributed by atoms with Crippen LogP contribution < -0.4 is 25.3 Å². The van der Waals surface area contributed by atoms with Crippen molar-refractivity contribution in [2.75, 3.05) is 41.1 Å². The maximum atomic E-state index is 13.4. The molecule has 0 aromatic heterocycles. The Morgan fingerprint density at radius 1 is 0.891 bits per heavy atom. The molecule has 2 rings (SSSR count). The van der Waals surface area contributed by atoms with Gasteiger partial charge < -0.3 is 35.1 Å². The van der Waals surface area contributed by atoms with Crippen LogP contribution in [0, 0.1) is 29.1 Å². The molecule has 46 heavy (non-hydrogen) atoms. The van der Waals surface area contributed by atoms with Crippen molar-refractivity contribution in [3.8, 4) is 17.2 Å². The summed E-state index contributed by atoms with van der Waals surface area (Å²) in [6.45, 7) is 14.5. The van der Waals surface area contributed by atoms with E-state index in [2.05, 4.69) is 51.2 Å². The first kappa shape index (κ1) is 41.5. The Kier molecular flexibility index (Phi) is 18.6. The molecule has 0 spiro atoms. The summed E-state index contributed by atoms with van der Waals surface area (Å²) >= 11 is 0. The van der Waals surface area contributed by atoms with Crippen LogP contribution in [0.3, 0.4) is 0 Å². The first-order valence-corrected chi connectivity index (χ1v) is 16.4. The van der Waals surface area contributed by atoms with Crippen LogP contribution in [0.4, 0.5) is 0 Å². The Labute approximate surface area is 284 Å². The van der Waals surface area contributed by atoms with Gasteiger partial charge in [-0.2, -0.15) is 0 Å². The Morgan fingerprint density at radius 2 is 1.54 bits per heavy atom. The Balaban J connectivity index is 0.0000106. The molecule has 0 aliphatic carbocycles. The second-order valence-electron chi connectivity index (χ2n) is 13.8. The fourth-order valence-corrected chi connectivity index (χ4v) is 5.68. The summed E-state index contributed by atoms with van der Waals surface area (Å²) < 4.78 is 21.9. The molecule has 0 radical (unpaired) electrons. The van der Waals surface area contributed by atoms with Crippen LogP contribution >= 0.6 is 12.4 Å². The summed E-state index contributed by atoms with van der Waals surface area (Å²) in [5.41, 5.74) is 8.82. The van der Waals surface area contributed by atoms with Crippen LogP contribution in [0.1, 0.15) is 71.9 Å². The van der Waals surface area contributed by atoms with Crippen molar-refractivity contribution in [2.24, 2.45) is 34.8 Å². The Bertz CT molecular complexity index is 1140. The van der Waals surface area contributed by atoms with E-state index in [9.17, 15) is 9.90 Å². The monoisotopic (exact) mass is 664 g/mol. The van der Waals surface area contributed by atoms with E-state index in [0.29, 0.717) is 44.3 Å². The quantitative estimate of drug-likeness (QED) is 0.131. The van der Waals surface area contributed by atoms with Gasteiger partial charge in [-0.05, 0) is 84.2 Å². The van der Waals surface area contributed by atoms with E-state index < -0.39 is 12.1 Å². The molecule has 8 nitrogen and oxygen atoms in total. The van der Waals surface area contributed by atoms with Crippen molar-refractivity contribution in [2.45, 2.75) is 85.8 Å². The van der Waals surface area contributed by atoms with Crippen molar-refractivity contribution in [1.82, 2.24) is 5.32 Å². The topological polar surface area (TPSA) is 112 Å². The molecule has 1 amide bonds. The SMILES string of the molecule is COCCCOc1cc(C[C@@H](C[C@H](N)[C@@H](O)C[C@H](C(=O)NCC(C)(C)Cc2ccc(OC)cc2)C(C)C)C(C)C)ccc1OC.Cl. The lowest BCUT2D eigenvalue weighted by Crippen LogP contribution is -2.44. The minimum atomic E-state index is -0.785. The number of ether oxygens (including phenoxy) is 4. The molecule has 0 fully saturated rings. The van der Waals surface area contributed by atoms with Crippen molar-refractivity contribution in [3.63, 3.8) is 0 Å². The van der Waals surface area contributed by atoms with Crippen LogP contribution in [0.5, 0.6) is 17.2 Å². The maximum absolute atomic E-state index is 13.4. The number of hydrogen-bond acceptors (Lipinski definition) is 7. The molecule has 2 aromatic carbocycles. The van der Waals surface area contributed by atoms with E-state index in [0.717, 1.165) is 36.3 Å². The normalized spacial score (nSPS) is 14.3. The van der Waals surface area contributed by atoms with E-state index >= 15 is 0 Å². The van der Waals surface area contributed by atoms with E-state index in [1.54, 1.807) is 21.3 Å². The summed E-state index contributed by atoms with van der Waals surface area (Å²) in [4.78, 5) is 13.4. The zero-order valence-electron chi connectivity index (χ0n) is 29.6. The van der Waals surface area contributed by atoms with Gasteiger partial charge in [0.2, 0.25) is 5.91 Å². The van der Waals surface area contributed by atoms with Crippen molar-refractivity contribution in [3.05, 3.63) is 53.6 Å². The molecule has 0 saturated heterocycles. The number of rotatable bonds is 21. The third-order valence-corrected chi connectivity index (χ3v) is 8.71. The van der Waals surface area contributed by atoms with Gasteiger partial charge >= 0.3 is 0 Å². The molecule has 262 valence electrons. The van der Waals surface area contributed by atoms with Crippen molar-refractivity contribution in [1.29, 1.82) is 0 Å². The fraction of sp³-hybridized carbons (Fsp3) is 0.649. The van der Waals surface area contributed by atoms with Gasteiger partial charge in [-0.25, -0.2) is 0 Å². The van der Waals surface area contributed by atoms with E-state index in [4.69, 9.17) is 24.7 Å². The predicted octanol–water partition coefficient (Wildman–Crippen LogP) is 6.48. The summed E-state index contributed by atoms with van der Waals surface area (Å²) in [5, 5.41) is 14.4. The maximum Gasteiger partial charge on any atom is 0.223 e. The number of aliphatic hydroxyl groups is 1. The van der Waals surface area contributed by atoms with Crippen LogP contribution in [-0.2, 0) is 22.4 Å². The highest BCUT2D eigenvalue weighted by molar-refractivity contribution is 5.85. The summed E-state index contributed by atoms with van der Waals surface area (Å²) in [6.07, 6.45) is 2.61. The molecule has 2 aromatic rings. The first-order valence-electron chi connectivity index (χ1n) is 16.4. The standard InChI is InChI=1S/C37H60N2O6.ClH/c1-25(2)29(19-28-13-16-34(44-9)35(20-28)45-18-10-17-42-7)21-32(38)33(40)22-31(26(3)4)36(41)39-24-37(5,6)23-27-11-14-30(43-8)15-12-27;/h11-16,20,25-26,29,31-33,40H,10,17-19,21-24,38H2,1-9H3,(H,39,41);1H/t29-,31-,32-,33-;/m0./s1. The van der Waals surface area contributed by atoms with Gasteiger partial charge in [0.05, 0.1) is 26.9 Å².